The van der Waals surface area contributed by atoms with Gasteiger partial charge >= 0.3 is 0 Å². The summed E-state index contributed by atoms with van der Waals surface area (Å²) < 4.78 is 5.52. The maximum atomic E-state index is 4.53. The molecule has 0 saturated heterocycles. The Labute approximate surface area is 172 Å². The fraction of sp³-hybridized carbons (Fsp3) is 0.0833. The number of hydrogen-bond donors (Lipinski definition) is 0. The smallest absolute Gasteiger partial charge is 0.211 e. The van der Waals surface area contributed by atoms with Gasteiger partial charge in [-0.25, -0.2) is 0 Å². The highest BCUT2D eigenvalue weighted by molar-refractivity contribution is 7.16. The molecule has 5 heteroatoms. The summed E-state index contributed by atoms with van der Waals surface area (Å²) in [6.45, 7) is 0. The lowest BCUT2D eigenvalue weighted by molar-refractivity contribution is 0.889. The third-order valence-corrected chi connectivity index (χ3v) is 6.34. The van der Waals surface area contributed by atoms with Gasteiger partial charge in [0.1, 0.15) is 0 Å². The van der Waals surface area contributed by atoms with Crippen molar-refractivity contribution in [3.05, 3.63) is 89.2 Å². The third kappa shape index (κ3) is 3.00. The average Bonchev–Trinajstić information content (AvgIpc) is 3.24. The van der Waals surface area contributed by atoms with Crippen molar-refractivity contribution in [2.24, 2.45) is 24.3 Å². The maximum absolute atomic E-state index is 4.53. The second-order valence-corrected chi connectivity index (χ2v) is 7.97. The second kappa shape index (κ2) is 7.18. The fourth-order valence-electron chi connectivity index (χ4n) is 3.81. The predicted octanol–water partition coefficient (Wildman–Crippen LogP) is 5.33. The van der Waals surface area contributed by atoms with Crippen molar-refractivity contribution >= 4 is 38.7 Å². The first-order chi connectivity index (χ1) is 14.2. The number of aryl methyl sites for hydroxylation is 2. The standard InChI is InChI=1S/C24H20N4S/c1-27-20-13-7-6-12-18(20)19(23(27)17-10-4-3-5-11-17)16-25-26-24-28(2)21-14-8-9-15-22(21)29-24/h3-16H,1-2H3/b25-16-,26-24+. The number of hydrogen-bond acceptors (Lipinski definition) is 3. The van der Waals surface area contributed by atoms with Gasteiger partial charge < -0.3 is 9.13 Å². The van der Waals surface area contributed by atoms with Crippen LogP contribution < -0.4 is 4.80 Å². The molecule has 29 heavy (non-hydrogen) atoms. The van der Waals surface area contributed by atoms with Gasteiger partial charge in [0, 0.05) is 30.6 Å². The lowest BCUT2D eigenvalue weighted by Crippen LogP contribution is -2.08. The van der Waals surface area contributed by atoms with Crippen molar-refractivity contribution in [2.45, 2.75) is 0 Å². The summed E-state index contributed by atoms with van der Waals surface area (Å²) in [6, 6.07) is 27.2. The Morgan fingerprint density at radius 3 is 2.24 bits per heavy atom. The molecule has 2 heterocycles. The number of rotatable bonds is 3. The lowest BCUT2D eigenvalue weighted by atomic mass is 10.1. The number of para-hydroxylation sites is 2. The zero-order chi connectivity index (χ0) is 19.8. The molecule has 142 valence electrons. The highest BCUT2D eigenvalue weighted by atomic mass is 32.1. The average molecular weight is 397 g/mol. The monoisotopic (exact) mass is 396 g/mol. The lowest BCUT2D eigenvalue weighted by Gasteiger charge is -2.05. The van der Waals surface area contributed by atoms with Crippen molar-refractivity contribution in [1.82, 2.24) is 9.13 Å². The molecule has 0 aliphatic carbocycles. The van der Waals surface area contributed by atoms with Crippen LogP contribution in [-0.4, -0.2) is 15.3 Å². The normalized spacial score (nSPS) is 12.6. The van der Waals surface area contributed by atoms with E-state index in [1.54, 1.807) is 11.3 Å². The SMILES string of the molecule is Cn1c(-c2ccccc2)c(/C=N\N=c2\sc3ccccc3n2C)c2ccccc21. The van der Waals surface area contributed by atoms with Gasteiger partial charge in [0.05, 0.1) is 22.1 Å². The van der Waals surface area contributed by atoms with Crippen LogP contribution in [0, 0.1) is 0 Å². The molecule has 0 N–H and O–H groups in total. The number of aromatic nitrogens is 2. The van der Waals surface area contributed by atoms with Gasteiger partial charge in [0.25, 0.3) is 0 Å². The summed E-state index contributed by atoms with van der Waals surface area (Å²) in [7, 11) is 4.13. The minimum atomic E-state index is 0.879. The first-order valence-corrected chi connectivity index (χ1v) is 10.3. The molecule has 0 aliphatic rings. The van der Waals surface area contributed by atoms with E-state index < -0.39 is 0 Å². The minimum absolute atomic E-state index is 0.879. The third-order valence-electron chi connectivity index (χ3n) is 5.24. The van der Waals surface area contributed by atoms with E-state index in [0.29, 0.717) is 0 Å². The molecule has 5 aromatic rings. The van der Waals surface area contributed by atoms with Crippen molar-refractivity contribution in [3.8, 4) is 11.3 Å². The fourth-order valence-corrected chi connectivity index (χ4v) is 4.79. The van der Waals surface area contributed by atoms with Gasteiger partial charge in [-0.05, 0) is 23.8 Å². The van der Waals surface area contributed by atoms with E-state index in [9.17, 15) is 0 Å². The highest BCUT2D eigenvalue weighted by Crippen LogP contribution is 2.31. The van der Waals surface area contributed by atoms with Gasteiger partial charge in [-0.1, -0.05) is 72.0 Å². The number of fused-ring (bicyclic) bond motifs is 2. The summed E-state index contributed by atoms with van der Waals surface area (Å²) in [5, 5.41) is 10.2. The van der Waals surface area contributed by atoms with Gasteiger partial charge in [-0.15, -0.1) is 5.10 Å². The summed E-state index contributed by atoms with van der Waals surface area (Å²) in [4.78, 5) is 0.879. The van der Waals surface area contributed by atoms with E-state index >= 15 is 0 Å². The molecule has 0 radical (unpaired) electrons. The Morgan fingerprint density at radius 2 is 1.45 bits per heavy atom. The topological polar surface area (TPSA) is 34.6 Å². The molecule has 0 atom stereocenters. The summed E-state index contributed by atoms with van der Waals surface area (Å²) in [5.41, 5.74) is 5.75. The van der Waals surface area contributed by atoms with E-state index in [4.69, 9.17) is 0 Å². The van der Waals surface area contributed by atoms with Crippen LogP contribution in [0.15, 0.2) is 89.1 Å². The van der Waals surface area contributed by atoms with Gasteiger partial charge in [-0.3, -0.25) is 0 Å². The Morgan fingerprint density at radius 1 is 0.759 bits per heavy atom. The molecule has 5 rings (SSSR count). The van der Waals surface area contributed by atoms with Crippen molar-refractivity contribution in [2.75, 3.05) is 0 Å². The molecule has 0 amide bonds. The zero-order valence-electron chi connectivity index (χ0n) is 16.3. The second-order valence-electron chi connectivity index (χ2n) is 6.96. The van der Waals surface area contributed by atoms with E-state index in [1.165, 1.54) is 26.7 Å². The largest absolute Gasteiger partial charge is 0.343 e. The van der Waals surface area contributed by atoms with Crippen LogP contribution in [0.5, 0.6) is 0 Å². The van der Waals surface area contributed by atoms with Gasteiger partial charge in [-0.2, -0.15) is 5.10 Å². The Kier molecular flexibility index (Phi) is 4.37. The summed E-state index contributed by atoms with van der Waals surface area (Å²) in [6.07, 6.45) is 1.88. The summed E-state index contributed by atoms with van der Waals surface area (Å²) in [5.74, 6) is 0. The van der Waals surface area contributed by atoms with Crippen LogP contribution in [0.3, 0.4) is 0 Å². The van der Waals surface area contributed by atoms with Crippen molar-refractivity contribution in [3.63, 3.8) is 0 Å². The van der Waals surface area contributed by atoms with Crippen LogP contribution in [0.1, 0.15) is 5.56 Å². The quantitative estimate of drug-likeness (QED) is 0.292. The molecule has 0 saturated carbocycles. The van der Waals surface area contributed by atoms with Crippen LogP contribution in [0.2, 0.25) is 0 Å². The highest BCUT2D eigenvalue weighted by Gasteiger charge is 2.14. The molecule has 0 fully saturated rings. The number of nitrogens with zero attached hydrogens (tertiary/aromatic N) is 4. The zero-order valence-corrected chi connectivity index (χ0v) is 17.1. The number of thiazole rings is 1. The minimum Gasteiger partial charge on any atom is -0.343 e. The van der Waals surface area contributed by atoms with Crippen molar-refractivity contribution < 1.29 is 0 Å². The molecular weight excluding hydrogens is 376 g/mol. The molecule has 0 unspecified atom stereocenters. The molecule has 0 aliphatic heterocycles. The van der Waals surface area contributed by atoms with E-state index in [-0.39, 0.29) is 0 Å². The molecule has 3 aromatic carbocycles. The Bertz CT molecular complexity index is 1420. The Hall–Kier alpha value is -3.44. The predicted molar refractivity (Wildman–Crippen MR) is 122 cm³/mol. The molecule has 2 aromatic heterocycles. The molecule has 0 bridgehead atoms. The van der Waals surface area contributed by atoms with Crippen molar-refractivity contribution in [1.29, 1.82) is 0 Å². The van der Waals surface area contributed by atoms with Crippen LogP contribution in [0.25, 0.3) is 32.4 Å². The Balaban J connectivity index is 1.68. The van der Waals surface area contributed by atoms with E-state index in [1.807, 2.05) is 31.5 Å². The van der Waals surface area contributed by atoms with Crippen LogP contribution >= 0.6 is 11.3 Å². The molecule has 0 spiro atoms. The first kappa shape index (κ1) is 17.6. The maximum Gasteiger partial charge on any atom is 0.211 e. The van der Waals surface area contributed by atoms with E-state index in [0.717, 1.165) is 16.1 Å². The first-order valence-electron chi connectivity index (χ1n) is 9.48. The van der Waals surface area contributed by atoms with Gasteiger partial charge in [0.2, 0.25) is 4.80 Å². The molecular formula is C24H20N4S. The number of benzene rings is 3. The van der Waals surface area contributed by atoms with Gasteiger partial charge in [0.15, 0.2) is 0 Å². The summed E-state index contributed by atoms with van der Waals surface area (Å²) >= 11 is 1.65. The van der Waals surface area contributed by atoms with E-state index in [2.05, 4.69) is 87.0 Å². The van der Waals surface area contributed by atoms with Crippen LogP contribution in [0.4, 0.5) is 0 Å². The van der Waals surface area contributed by atoms with Crippen LogP contribution in [-0.2, 0) is 14.1 Å². The molecule has 4 nitrogen and oxygen atoms in total.